The normalized spacial score (nSPS) is 22.2. The highest BCUT2D eigenvalue weighted by molar-refractivity contribution is 5.93. The minimum atomic E-state index is 0.00150. The quantitative estimate of drug-likeness (QED) is 0.900. The van der Waals surface area contributed by atoms with Crippen molar-refractivity contribution in [3.05, 3.63) is 59.9 Å². The fourth-order valence-corrected chi connectivity index (χ4v) is 2.89. The maximum absolute atomic E-state index is 12.5. The second-order valence-electron chi connectivity index (χ2n) is 5.40. The lowest BCUT2D eigenvalue weighted by Crippen LogP contribution is -2.33. The molecule has 2 heterocycles. The number of aromatic nitrogens is 1. The summed E-state index contributed by atoms with van der Waals surface area (Å²) in [5, 5.41) is 0. The molecule has 1 aliphatic heterocycles. The van der Waals surface area contributed by atoms with E-state index in [4.69, 9.17) is 5.73 Å². The van der Waals surface area contributed by atoms with Gasteiger partial charge in [-0.2, -0.15) is 0 Å². The number of rotatable bonds is 2. The lowest BCUT2D eigenvalue weighted by molar-refractivity contribution is 0.0780. The fourth-order valence-electron chi connectivity index (χ4n) is 2.89. The first-order chi connectivity index (χ1) is 9.66. The molecule has 1 saturated heterocycles. The zero-order valence-electron chi connectivity index (χ0n) is 11.6. The lowest BCUT2D eigenvalue weighted by Gasteiger charge is -2.16. The highest BCUT2D eigenvalue weighted by Crippen LogP contribution is 2.27. The van der Waals surface area contributed by atoms with Gasteiger partial charge in [0.15, 0.2) is 0 Å². The van der Waals surface area contributed by atoms with Crippen LogP contribution in [0.25, 0.3) is 0 Å². The maximum atomic E-state index is 12.5. The van der Waals surface area contributed by atoms with Crippen molar-refractivity contribution >= 4 is 5.91 Å². The lowest BCUT2D eigenvalue weighted by atomic mass is 9.95. The zero-order valence-corrected chi connectivity index (χ0v) is 11.6. The predicted molar refractivity (Wildman–Crippen MR) is 78.5 cm³/mol. The van der Waals surface area contributed by atoms with Crippen molar-refractivity contribution in [2.24, 2.45) is 12.8 Å². The Balaban J connectivity index is 1.79. The molecule has 4 heteroatoms. The predicted octanol–water partition coefficient (Wildman–Crippen LogP) is 1.59. The van der Waals surface area contributed by atoms with E-state index >= 15 is 0 Å². The molecule has 1 fully saturated rings. The second-order valence-corrected chi connectivity index (χ2v) is 5.40. The average molecular weight is 269 g/mol. The zero-order chi connectivity index (χ0) is 14.1. The van der Waals surface area contributed by atoms with Crippen molar-refractivity contribution in [2.45, 2.75) is 12.0 Å². The molecule has 0 unspecified atom stereocenters. The number of benzene rings is 1. The minimum Gasteiger partial charge on any atom is -0.347 e. The first-order valence-electron chi connectivity index (χ1n) is 6.88. The van der Waals surface area contributed by atoms with Crippen molar-refractivity contribution in [1.29, 1.82) is 0 Å². The first kappa shape index (κ1) is 12.9. The molecular weight excluding hydrogens is 250 g/mol. The third-order valence-corrected chi connectivity index (χ3v) is 4.04. The summed E-state index contributed by atoms with van der Waals surface area (Å²) in [6.45, 7) is 1.30. The summed E-state index contributed by atoms with van der Waals surface area (Å²) >= 11 is 0. The number of nitrogens with two attached hydrogens (primary N) is 1. The van der Waals surface area contributed by atoms with E-state index in [9.17, 15) is 4.79 Å². The SMILES string of the molecule is Cn1cccc1C(=O)N1C[C@@H](N)[C@H](c2ccccc2)C1. The van der Waals surface area contributed by atoms with Crippen LogP contribution in [0.3, 0.4) is 0 Å². The number of likely N-dealkylation sites (tertiary alicyclic amines) is 1. The smallest absolute Gasteiger partial charge is 0.270 e. The summed E-state index contributed by atoms with van der Waals surface area (Å²) in [7, 11) is 1.89. The van der Waals surface area contributed by atoms with E-state index in [1.165, 1.54) is 5.56 Å². The van der Waals surface area contributed by atoms with Gasteiger partial charge >= 0.3 is 0 Å². The Kier molecular flexibility index (Phi) is 3.32. The number of carbonyl (C=O) groups excluding carboxylic acids is 1. The summed E-state index contributed by atoms with van der Waals surface area (Å²) in [4.78, 5) is 14.4. The summed E-state index contributed by atoms with van der Waals surface area (Å²) in [6.07, 6.45) is 1.89. The highest BCUT2D eigenvalue weighted by Gasteiger charge is 2.34. The van der Waals surface area contributed by atoms with Gasteiger partial charge in [0.1, 0.15) is 5.69 Å². The van der Waals surface area contributed by atoms with Crippen molar-refractivity contribution in [3.63, 3.8) is 0 Å². The number of amides is 1. The molecule has 4 nitrogen and oxygen atoms in total. The van der Waals surface area contributed by atoms with E-state index in [1.807, 2.05) is 53.0 Å². The number of aryl methyl sites for hydroxylation is 1. The molecule has 1 amide bonds. The minimum absolute atomic E-state index is 0.00150. The van der Waals surface area contributed by atoms with Crippen molar-refractivity contribution in [1.82, 2.24) is 9.47 Å². The maximum Gasteiger partial charge on any atom is 0.270 e. The van der Waals surface area contributed by atoms with Gasteiger partial charge in [-0.3, -0.25) is 4.79 Å². The molecule has 104 valence electrons. The molecular formula is C16H19N3O. The van der Waals surface area contributed by atoms with Crippen LogP contribution in [-0.4, -0.2) is 34.5 Å². The van der Waals surface area contributed by atoms with E-state index in [0.717, 1.165) is 0 Å². The Morgan fingerprint density at radius 3 is 2.55 bits per heavy atom. The third-order valence-electron chi connectivity index (χ3n) is 4.04. The number of nitrogens with zero attached hydrogens (tertiary/aromatic N) is 2. The number of hydrogen-bond donors (Lipinski definition) is 1. The van der Waals surface area contributed by atoms with Crippen molar-refractivity contribution in [2.75, 3.05) is 13.1 Å². The first-order valence-corrected chi connectivity index (χ1v) is 6.88. The van der Waals surface area contributed by atoms with Gasteiger partial charge in [-0.05, 0) is 17.7 Å². The van der Waals surface area contributed by atoms with Crippen LogP contribution in [-0.2, 0) is 7.05 Å². The average Bonchev–Trinajstić information content (AvgIpc) is 3.05. The molecule has 1 aliphatic rings. The van der Waals surface area contributed by atoms with Gasteiger partial charge in [0.05, 0.1) is 0 Å². The summed E-state index contributed by atoms with van der Waals surface area (Å²) in [6, 6.07) is 13.9. The fraction of sp³-hybridized carbons (Fsp3) is 0.312. The van der Waals surface area contributed by atoms with Crippen LogP contribution in [0.4, 0.5) is 0 Å². The molecule has 2 N–H and O–H groups in total. The molecule has 1 aromatic carbocycles. The van der Waals surface area contributed by atoms with E-state index in [2.05, 4.69) is 12.1 Å². The van der Waals surface area contributed by atoms with E-state index in [0.29, 0.717) is 18.8 Å². The van der Waals surface area contributed by atoms with Crippen LogP contribution in [0.1, 0.15) is 22.0 Å². The van der Waals surface area contributed by atoms with Gasteiger partial charge < -0.3 is 15.2 Å². The molecule has 0 radical (unpaired) electrons. The Bertz CT molecular complexity index is 605. The third kappa shape index (κ3) is 2.23. The van der Waals surface area contributed by atoms with E-state index in [1.54, 1.807) is 0 Å². The van der Waals surface area contributed by atoms with Gasteiger partial charge in [0.25, 0.3) is 5.91 Å². The molecule has 0 spiro atoms. The van der Waals surface area contributed by atoms with Gasteiger partial charge in [-0.15, -0.1) is 0 Å². The molecule has 2 aromatic rings. The largest absolute Gasteiger partial charge is 0.347 e. The standard InChI is InChI=1S/C16H19N3O/c1-18-9-5-8-15(18)16(20)19-10-13(14(17)11-19)12-6-3-2-4-7-12/h2-9,13-14H,10-11,17H2,1H3/t13-,14+/m0/s1. The van der Waals surface area contributed by atoms with Crippen LogP contribution in [0, 0.1) is 0 Å². The van der Waals surface area contributed by atoms with Crippen LogP contribution < -0.4 is 5.73 Å². The molecule has 0 saturated carbocycles. The van der Waals surface area contributed by atoms with Gasteiger partial charge in [-0.25, -0.2) is 0 Å². The van der Waals surface area contributed by atoms with Crippen molar-refractivity contribution in [3.8, 4) is 0 Å². The Labute approximate surface area is 118 Å². The summed E-state index contributed by atoms with van der Waals surface area (Å²) in [5.74, 6) is 0.284. The topological polar surface area (TPSA) is 51.3 Å². The summed E-state index contributed by atoms with van der Waals surface area (Å²) in [5.41, 5.74) is 8.15. The Hall–Kier alpha value is -2.07. The molecule has 20 heavy (non-hydrogen) atoms. The Morgan fingerprint density at radius 1 is 1.15 bits per heavy atom. The monoisotopic (exact) mass is 269 g/mol. The Morgan fingerprint density at radius 2 is 1.90 bits per heavy atom. The van der Waals surface area contributed by atoms with E-state index in [-0.39, 0.29) is 17.9 Å². The molecule has 0 aliphatic carbocycles. The van der Waals surface area contributed by atoms with Crippen LogP contribution in [0.2, 0.25) is 0 Å². The molecule has 1 aromatic heterocycles. The number of hydrogen-bond acceptors (Lipinski definition) is 2. The van der Waals surface area contributed by atoms with Gasteiger partial charge in [0, 0.05) is 38.3 Å². The van der Waals surface area contributed by atoms with Crippen LogP contribution >= 0.6 is 0 Å². The summed E-state index contributed by atoms with van der Waals surface area (Å²) < 4.78 is 1.85. The number of carbonyl (C=O) groups is 1. The van der Waals surface area contributed by atoms with Gasteiger partial charge in [0.2, 0.25) is 0 Å². The van der Waals surface area contributed by atoms with E-state index < -0.39 is 0 Å². The van der Waals surface area contributed by atoms with Crippen LogP contribution in [0.15, 0.2) is 48.7 Å². The molecule has 0 bridgehead atoms. The highest BCUT2D eigenvalue weighted by atomic mass is 16.2. The second kappa shape index (κ2) is 5.13. The van der Waals surface area contributed by atoms with Gasteiger partial charge in [-0.1, -0.05) is 30.3 Å². The van der Waals surface area contributed by atoms with Crippen LogP contribution in [0.5, 0.6) is 0 Å². The molecule has 3 rings (SSSR count). The van der Waals surface area contributed by atoms with Crippen molar-refractivity contribution < 1.29 is 4.79 Å². The molecule has 2 atom stereocenters.